The number of nitrogens with zero attached hydrogens (tertiary/aromatic N) is 6. The van der Waals surface area contributed by atoms with E-state index in [-0.39, 0.29) is 18.3 Å². The van der Waals surface area contributed by atoms with Crippen LogP contribution in [-0.2, 0) is 11.3 Å². The third-order valence-corrected chi connectivity index (χ3v) is 4.24. The molecular weight excluding hydrogens is 389 g/mol. The van der Waals surface area contributed by atoms with Crippen LogP contribution >= 0.6 is 0 Å². The highest BCUT2D eigenvalue weighted by Gasteiger charge is 2.14. The van der Waals surface area contributed by atoms with Gasteiger partial charge in [-0.25, -0.2) is 9.07 Å². The van der Waals surface area contributed by atoms with Crippen molar-refractivity contribution in [3.05, 3.63) is 66.1 Å². The van der Waals surface area contributed by atoms with Crippen LogP contribution in [0.5, 0.6) is 5.75 Å². The molecule has 0 spiro atoms. The van der Waals surface area contributed by atoms with Gasteiger partial charge in [0.2, 0.25) is 11.7 Å². The summed E-state index contributed by atoms with van der Waals surface area (Å²) in [6, 6.07) is 14.8. The summed E-state index contributed by atoms with van der Waals surface area (Å²) in [6.07, 6.45) is 0. The van der Waals surface area contributed by atoms with Crippen molar-refractivity contribution in [3.63, 3.8) is 0 Å². The summed E-state index contributed by atoms with van der Waals surface area (Å²) < 4.78 is 19.9. The van der Waals surface area contributed by atoms with E-state index in [4.69, 9.17) is 4.74 Å². The molecule has 10 heteroatoms. The third kappa shape index (κ3) is 4.17. The van der Waals surface area contributed by atoms with Crippen molar-refractivity contribution in [1.82, 2.24) is 30.0 Å². The largest absolute Gasteiger partial charge is 0.497 e. The molecule has 1 N–H and O–H groups in total. The number of aryl methyl sites for hydroxylation is 1. The number of anilines is 1. The first-order valence-corrected chi connectivity index (χ1v) is 9.06. The number of hydrogen-bond donors (Lipinski definition) is 1. The smallest absolute Gasteiger partial charge is 0.249 e. The summed E-state index contributed by atoms with van der Waals surface area (Å²) in [5, 5.41) is 19.3. The molecule has 0 saturated carbocycles. The van der Waals surface area contributed by atoms with Crippen LogP contribution in [0, 0.1) is 12.7 Å². The lowest BCUT2D eigenvalue weighted by Crippen LogP contribution is -2.22. The van der Waals surface area contributed by atoms with Crippen LogP contribution in [0.4, 0.5) is 10.2 Å². The van der Waals surface area contributed by atoms with Crippen LogP contribution in [0.1, 0.15) is 5.69 Å². The van der Waals surface area contributed by atoms with Crippen molar-refractivity contribution in [2.24, 2.45) is 0 Å². The molecule has 2 aromatic heterocycles. The number of methoxy groups -OCH3 is 1. The Balaban J connectivity index is 1.48. The van der Waals surface area contributed by atoms with E-state index in [0.717, 1.165) is 5.56 Å². The number of halogens is 1. The van der Waals surface area contributed by atoms with Gasteiger partial charge >= 0.3 is 0 Å². The molecule has 4 rings (SSSR count). The molecule has 9 nitrogen and oxygen atoms in total. The van der Waals surface area contributed by atoms with Gasteiger partial charge in [0.15, 0.2) is 0 Å². The lowest BCUT2D eigenvalue weighted by Gasteiger charge is -2.08. The van der Waals surface area contributed by atoms with E-state index in [9.17, 15) is 9.18 Å². The number of nitrogens with one attached hydrogen (secondary N) is 1. The van der Waals surface area contributed by atoms with Crippen LogP contribution < -0.4 is 10.1 Å². The lowest BCUT2D eigenvalue weighted by atomic mass is 10.2. The highest BCUT2D eigenvalue weighted by atomic mass is 19.1. The monoisotopic (exact) mass is 407 g/mol. The first kappa shape index (κ1) is 19.2. The van der Waals surface area contributed by atoms with E-state index in [0.29, 0.717) is 28.8 Å². The van der Waals surface area contributed by atoms with Gasteiger partial charge in [0.1, 0.15) is 23.9 Å². The molecule has 0 aliphatic heterocycles. The zero-order chi connectivity index (χ0) is 21.1. The van der Waals surface area contributed by atoms with Crippen molar-refractivity contribution in [2.75, 3.05) is 12.4 Å². The Labute approximate surface area is 171 Å². The van der Waals surface area contributed by atoms with Gasteiger partial charge in [-0.1, -0.05) is 12.1 Å². The van der Waals surface area contributed by atoms with Gasteiger partial charge in [0, 0.05) is 11.6 Å². The number of carbonyl (C=O) groups excluding carboxylic acids is 1. The average Bonchev–Trinajstić information content (AvgIpc) is 3.35. The number of rotatable bonds is 6. The fraction of sp³-hybridized carbons (Fsp3) is 0.150. The Morgan fingerprint density at radius 1 is 1.13 bits per heavy atom. The van der Waals surface area contributed by atoms with Crippen LogP contribution in [0.3, 0.4) is 0 Å². The number of aromatic nitrogens is 6. The zero-order valence-corrected chi connectivity index (χ0v) is 16.3. The van der Waals surface area contributed by atoms with Crippen LogP contribution in [0.25, 0.3) is 17.1 Å². The van der Waals surface area contributed by atoms with Crippen molar-refractivity contribution in [2.45, 2.75) is 13.5 Å². The molecule has 152 valence electrons. The predicted octanol–water partition coefficient (Wildman–Crippen LogP) is 2.62. The lowest BCUT2D eigenvalue weighted by molar-refractivity contribution is -0.117. The molecule has 0 aliphatic rings. The topological polar surface area (TPSA) is 99.8 Å². The Morgan fingerprint density at radius 2 is 1.93 bits per heavy atom. The molecule has 0 fully saturated rings. The van der Waals surface area contributed by atoms with Crippen LogP contribution in [-0.4, -0.2) is 43.0 Å². The zero-order valence-electron chi connectivity index (χ0n) is 16.3. The molecule has 0 radical (unpaired) electrons. The Kier molecular flexibility index (Phi) is 5.21. The van der Waals surface area contributed by atoms with Crippen molar-refractivity contribution < 1.29 is 13.9 Å². The minimum atomic E-state index is -0.354. The first-order valence-electron chi connectivity index (χ1n) is 9.06. The summed E-state index contributed by atoms with van der Waals surface area (Å²) in [7, 11) is 1.58. The highest BCUT2D eigenvalue weighted by molar-refractivity contribution is 5.90. The molecule has 1 amide bonds. The Bertz CT molecular complexity index is 1180. The van der Waals surface area contributed by atoms with Gasteiger partial charge in [-0.3, -0.25) is 4.79 Å². The van der Waals surface area contributed by atoms with Gasteiger partial charge in [-0.2, -0.15) is 9.90 Å². The SMILES string of the molecule is COc1cccc(-c2nnn(CC(=O)Nc3cc(C)nn3-c3ccc(F)cc3)n2)c1. The standard InChI is InChI=1S/C20H18FN7O2/c1-13-10-18(28(24-13)16-8-6-15(21)7-9-16)22-19(29)12-27-25-20(23-26-27)14-4-3-5-17(11-14)30-2/h3-11H,12H2,1-2H3,(H,22,29). The first-order chi connectivity index (χ1) is 14.5. The van der Waals surface area contributed by atoms with Gasteiger partial charge in [0.25, 0.3) is 0 Å². The van der Waals surface area contributed by atoms with Crippen molar-refractivity contribution in [1.29, 1.82) is 0 Å². The van der Waals surface area contributed by atoms with Gasteiger partial charge < -0.3 is 10.1 Å². The number of carbonyl (C=O) groups is 1. The summed E-state index contributed by atoms with van der Waals surface area (Å²) >= 11 is 0. The molecular formula is C20H18FN7O2. The molecule has 2 aromatic carbocycles. The second kappa shape index (κ2) is 8.11. The van der Waals surface area contributed by atoms with Crippen molar-refractivity contribution >= 4 is 11.7 Å². The third-order valence-electron chi connectivity index (χ3n) is 4.24. The maximum Gasteiger partial charge on any atom is 0.249 e. The number of benzene rings is 2. The van der Waals surface area contributed by atoms with Gasteiger partial charge in [-0.15, -0.1) is 10.2 Å². The number of tetrazole rings is 1. The molecule has 0 atom stereocenters. The highest BCUT2D eigenvalue weighted by Crippen LogP contribution is 2.20. The number of ether oxygens (including phenoxy) is 1. The molecule has 30 heavy (non-hydrogen) atoms. The minimum absolute atomic E-state index is 0.134. The molecule has 4 aromatic rings. The van der Waals surface area contributed by atoms with E-state index in [2.05, 4.69) is 25.8 Å². The normalized spacial score (nSPS) is 10.8. The maximum atomic E-state index is 13.2. The van der Waals surface area contributed by atoms with Crippen LogP contribution in [0.15, 0.2) is 54.6 Å². The van der Waals surface area contributed by atoms with E-state index in [1.54, 1.807) is 38.3 Å². The predicted molar refractivity (Wildman–Crippen MR) is 107 cm³/mol. The Morgan fingerprint density at radius 3 is 2.70 bits per heavy atom. The number of hydrogen-bond acceptors (Lipinski definition) is 6. The van der Waals surface area contributed by atoms with E-state index < -0.39 is 0 Å². The van der Waals surface area contributed by atoms with E-state index in [1.807, 2.05) is 18.2 Å². The summed E-state index contributed by atoms with van der Waals surface area (Å²) in [4.78, 5) is 13.7. The van der Waals surface area contributed by atoms with Crippen LogP contribution in [0.2, 0.25) is 0 Å². The quantitative estimate of drug-likeness (QED) is 0.527. The van der Waals surface area contributed by atoms with E-state index in [1.165, 1.54) is 21.6 Å². The second-order valence-corrected chi connectivity index (χ2v) is 6.48. The average molecular weight is 407 g/mol. The van der Waals surface area contributed by atoms with Crippen molar-refractivity contribution in [3.8, 4) is 22.8 Å². The summed E-state index contributed by atoms with van der Waals surface area (Å²) in [6.45, 7) is 1.67. The Hall–Kier alpha value is -4.08. The fourth-order valence-electron chi connectivity index (χ4n) is 2.87. The molecule has 0 bridgehead atoms. The number of amides is 1. The second-order valence-electron chi connectivity index (χ2n) is 6.48. The molecule has 0 unspecified atom stereocenters. The summed E-state index contributed by atoms with van der Waals surface area (Å²) in [5.41, 5.74) is 2.05. The summed E-state index contributed by atoms with van der Waals surface area (Å²) in [5.74, 6) is 0.808. The minimum Gasteiger partial charge on any atom is -0.497 e. The van der Waals surface area contributed by atoms with E-state index >= 15 is 0 Å². The van der Waals surface area contributed by atoms with Gasteiger partial charge in [-0.05, 0) is 48.5 Å². The molecule has 0 aliphatic carbocycles. The molecule has 0 saturated heterocycles. The fourth-order valence-corrected chi connectivity index (χ4v) is 2.87. The maximum absolute atomic E-state index is 13.2. The van der Waals surface area contributed by atoms with Gasteiger partial charge in [0.05, 0.1) is 18.5 Å². The molecule has 2 heterocycles.